The molecule has 1 aromatic rings. The molecular formula is C21H32O3. The number of hydrogen-bond acceptors (Lipinski definition) is 3. The summed E-state index contributed by atoms with van der Waals surface area (Å²) in [5.74, 6) is 0.793. The molecule has 0 atom stereocenters. The zero-order valence-corrected chi connectivity index (χ0v) is 15.3. The fraction of sp³-hybridized carbons (Fsp3) is 0.571. The summed E-state index contributed by atoms with van der Waals surface area (Å²) in [6.07, 6.45) is 14.0. The van der Waals surface area contributed by atoms with Gasteiger partial charge in [-0.2, -0.15) is 0 Å². The molecule has 0 amide bonds. The van der Waals surface area contributed by atoms with E-state index in [0.29, 0.717) is 6.42 Å². The first-order valence-corrected chi connectivity index (χ1v) is 9.22. The lowest BCUT2D eigenvalue weighted by atomic mass is 10.1. The smallest absolute Gasteiger partial charge is 0.305 e. The Morgan fingerprint density at radius 3 is 2.42 bits per heavy atom. The number of unbranched alkanes of at least 4 members (excludes halogenated alkanes) is 6. The lowest BCUT2D eigenvalue weighted by Gasteiger charge is -2.06. The summed E-state index contributed by atoms with van der Waals surface area (Å²) in [7, 11) is 1.42. The second-order valence-corrected chi connectivity index (χ2v) is 6.06. The first-order valence-electron chi connectivity index (χ1n) is 9.22. The third-order valence-electron chi connectivity index (χ3n) is 3.94. The minimum Gasteiger partial charge on any atom is -0.494 e. The fourth-order valence-corrected chi connectivity index (χ4v) is 2.43. The standard InChI is InChI=1S/C21H32O3/c1-3-4-5-6-7-11-18-24-20-16-14-19(15-17-20)12-9-8-10-13-21(22)23-2/h9,12,14-17H,3-8,10-11,13,18H2,1-2H3/b12-9+. The molecule has 0 N–H and O–H groups in total. The Labute approximate surface area is 147 Å². The van der Waals surface area contributed by atoms with E-state index < -0.39 is 0 Å². The van der Waals surface area contributed by atoms with Crippen LogP contribution in [0.15, 0.2) is 30.3 Å². The Bertz CT molecular complexity index is 462. The Hall–Kier alpha value is -1.77. The minimum atomic E-state index is -0.143. The van der Waals surface area contributed by atoms with E-state index in [-0.39, 0.29) is 5.97 Å². The van der Waals surface area contributed by atoms with Gasteiger partial charge in [-0.05, 0) is 37.0 Å². The first kappa shape index (κ1) is 20.3. The van der Waals surface area contributed by atoms with Crippen molar-refractivity contribution in [3.8, 4) is 5.75 Å². The van der Waals surface area contributed by atoms with Gasteiger partial charge in [-0.15, -0.1) is 0 Å². The highest BCUT2D eigenvalue weighted by Crippen LogP contribution is 2.15. The molecule has 0 saturated heterocycles. The summed E-state index contributed by atoms with van der Waals surface area (Å²) in [6.45, 7) is 3.04. The molecule has 0 radical (unpaired) electrons. The number of allylic oxidation sites excluding steroid dienone is 1. The molecule has 24 heavy (non-hydrogen) atoms. The van der Waals surface area contributed by atoms with Gasteiger partial charge in [0.2, 0.25) is 0 Å². The monoisotopic (exact) mass is 332 g/mol. The molecule has 1 aromatic carbocycles. The van der Waals surface area contributed by atoms with Crippen LogP contribution in [0.2, 0.25) is 0 Å². The molecule has 0 aliphatic carbocycles. The topological polar surface area (TPSA) is 35.5 Å². The Morgan fingerprint density at radius 1 is 1.00 bits per heavy atom. The molecule has 0 aromatic heterocycles. The maximum atomic E-state index is 11.0. The SMILES string of the molecule is CCCCCCCCOc1ccc(/C=C/CCCC(=O)OC)cc1. The van der Waals surface area contributed by atoms with Gasteiger partial charge >= 0.3 is 5.97 Å². The van der Waals surface area contributed by atoms with E-state index in [2.05, 4.69) is 35.9 Å². The van der Waals surface area contributed by atoms with Crippen LogP contribution in [0, 0.1) is 0 Å². The first-order chi connectivity index (χ1) is 11.8. The molecule has 0 bridgehead atoms. The lowest BCUT2D eigenvalue weighted by molar-refractivity contribution is -0.140. The normalized spacial score (nSPS) is 10.9. The van der Waals surface area contributed by atoms with Crippen LogP contribution in [0.25, 0.3) is 6.08 Å². The molecule has 0 aliphatic rings. The van der Waals surface area contributed by atoms with Gasteiger partial charge in [-0.3, -0.25) is 4.79 Å². The van der Waals surface area contributed by atoms with E-state index in [4.69, 9.17) is 4.74 Å². The molecule has 1 rings (SSSR count). The van der Waals surface area contributed by atoms with Gasteiger partial charge in [0.25, 0.3) is 0 Å². The summed E-state index contributed by atoms with van der Waals surface area (Å²) in [5, 5.41) is 0. The van der Waals surface area contributed by atoms with E-state index in [9.17, 15) is 4.79 Å². The van der Waals surface area contributed by atoms with Crippen molar-refractivity contribution in [2.24, 2.45) is 0 Å². The minimum absolute atomic E-state index is 0.143. The highest BCUT2D eigenvalue weighted by Gasteiger charge is 1.97. The molecule has 0 aliphatic heterocycles. The van der Waals surface area contributed by atoms with Crippen LogP contribution in [0.3, 0.4) is 0 Å². The van der Waals surface area contributed by atoms with Gasteiger partial charge in [-0.25, -0.2) is 0 Å². The summed E-state index contributed by atoms with van der Waals surface area (Å²) in [4.78, 5) is 11.0. The molecule has 134 valence electrons. The molecule has 3 heteroatoms. The number of esters is 1. The van der Waals surface area contributed by atoms with Crippen LogP contribution in [-0.2, 0) is 9.53 Å². The van der Waals surface area contributed by atoms with E-state index in [1.807, 2.05) is 12.1 Å². The van der Waals surface area contributed by atoms with Crippen LogP contribution in [0.4, 0.5) is 0 Å². The van der Waals surface area contributed by atoms with Crippen LogP contribution < -0.4 is 4.74 Å². The molecule has 0 unspecified atom stereocenters. The van der Waals surface area contributed by atoms with Crippen molar-refractivity contribution >= 4 is 12.0 Å². The van der Waals surface area contributed by atoms with E-state index in [1.165, 1.54) is 39.2 Å². The second-order valence-electron chi connectivity index (χ2n) is 6.06. The Balaban J connectivity index is 2.15. The van der Waals surface area contributed by atoms with E-state index >= 15 is 0 Å². The number of methoxy groups -OCH3 is 1. The van der Waals surface area contributed by atoms with Crippen molar-refractivity contribution in [2.75, 3.05) is 13.7 Å². The van der Waals surface area contributed by atoms with Crippen LogP contribution in [0.1, 0.15) is 70.3 Å². The van der Waals surface area contributed by atoms with Crippen molar-refractivity contribution in [3.63, 3.8) is 0 Å². The van der Waals surface area contributed by atoms with Gasteiger partial charge in [-0.1, -0.05) is 63.3 Å². The molecular weight excluding hydrogens is 300 g/mol. The number of carbonyl (C=O) groups is 1. The maximum Gasteiger partial charge on any atom is 0.305 e. The average Bonchev–Trinajstić information content (AvgIpc) is 2.61. The van der Waals surface area contributed by atoms with Crippen molar-refractivity contribution in [1.82, 2.24) is 0 Å². The van der Waals surface area contributed by atoms with Crippen molar-refractivity contribution in [2.45, 2.75) is 64.7 Å². The molecule has 3 nitrogen and oxygen atoms in total. The zero-order valence-electron chi connectivity index (χ0n) is 15.3. The van der Waals surface area contributed by atoms with Crippen LogP contribution in [-0.4, -0.2) is 19.7 Å². The largest absolute Gasteiger partial charge is 0.494 e. The number of ether oxygens (including phenoxy) is 2. The molecule has 0 fully saturated rings. The third kappa shape index (κ3) is 10.1. The number of benzene rings is 1. The van der Waals surface area contributed by atoms with Gasteiger partial charge in [0.15, 0.2) is 0 Å². The average molecular weight is 332 g/mol. The predicted molar refractivity (Wildman–Crippen MR) is 100 cm³/mol. The lowest BCUT2D eigenvalue weighted by Crippen LogP contribution is -1.98. The zero-order chi connectivity index (χ0) is 17.5. The van der Waals surface area contributed by atoms with Crippen molar-refractivity contribution in [3.05, 3.63) is 35.9 Å². The van der Waals surface area contributed by atoms with Gasteiger partial charge in [0, 0.05) is 6.42 Å². The predicted octanol–water partition coefficient (Wildman–Crippen LogP) is 5.78. The summed E-state index contributed by atoms with van der Waals surface area (Å²) in [5.41, 5.74) is 1.15. The molecule has 0 spiro atoms. The number of hydrogen-bond donors (Lipinski definition) is 0. The van der Waals surface area contributed by atoms with E-state index in [0.717, 1.165) is 37.2 Å². The highest BCUT2D eigenvalue weighted by atomic mass is 16.5. The number of carbonyl (C=O) groups excluding carboxylic acids is 1. The fourth-order valence-electron chi connectivity index (χ4n) is 2.43. The van der Waals surface area contributed by atoms with Gasteiger partial charge < -0.3 is 9.47 Å². The maximum absolute atomic E-state index is 11.0. The number of rotatable bonds is 13. The van der Waals surface area contributed by atoms with Crippen molar-refractivity contribution in [1.29, 1.82) is 0 Å². The molecule has 0 heterocycles. The summed E-state index contributed by atoms with van der Waals surface area (Å²) < 4.78 is 10.4. The second kappa shape index (κ2) is 13.6. The highest BCUT2D eigenvalue weighted by molar-refractivity contribution is 5.69. The quantitative estimate of drug-likeness (QED) is 0.339. The Morgan fingerprint density at radius 2 is 1.71 bits per heavy atom. The Kier molecular flexibility index (Phi) is 11.5. The van der Waals surface area contributed by atoms with Gasteiger partial charge in [0.1, 0.15) is 5.75 Å². The third-order valence-corrected chi connectivity index (χ3v) is 3.94. The summed E-state index contributed by atoms with van der Waals surface area (Å²) >= 11 is 0. The van der Waals surface area contributed by atoms with Crippen LogP contribution in [0.5, 0.6) is 5.75 Å². The summed E-state index contributed by atoms with van der Waals surface area (Å²) in [6, 6.07) is 8.16. The van der Waals surface area contributed by atoms with E-state index in [1.54, 1.807) is 0 Å². The van der Waals surface area contributed by atoms with Gasteiger partial charge in [0.05, 0.1) is 13.7 Å². The van der Waals surface area contributed by atoms with Crippen LogP contribution >= 0.6 is 0 Å². The molecule has 0 saturated carbocycles. The van der Waals surface area contributed by atoms with Crippen molar-refractivity contribution < 1.29 is 14.3 Å².